The fraction of sp³-hybridized carbons (Fsp3) is 0.581. The predicted octanol–water partition coefficient (Wildman–Crippen LogP) is 10.8. The van der Waals surface area contributed by atoms with Crippen LogP contribution in [0.5, 0.6) is 0 Å². The van der Waals surface area contributed by atoms with E-state index in [1.807, 2.05) is 24.3 Å². The molecular weight excluding hydrogens is 691 g/mol. The molecule has 10 heteroatoms. The minimum absolute atomic E-state index is 0.0215. The predicted molar refractivity (Wildman–Crippen MR) is 217 cm³/mol. The number of carbonyl (C=O) groups is 2. The van der Waals surface area contributed by atoms with Gasteiger partial charge in [-0.1, -0.05) is 137 Å². The zero-order valence-corrected chi connectivity index (χ0v) is 33.4. The van der Waals surface area contributed by atoms with Crippen LogP contribution in [0.3, 0.4) is 0 Å². The molecule has 0 rings (SSSR count). The largest absolute Gasteiger partial charge is 0.469 e. The van der Waals surface area contributed by atoms with Crippen LogP contribution < -0.4 is 0 Å². The highest BCUT2D eigenvalue weighted by Crippen LogP contribution is 2.35. The average Bonchev–Trinajstić information content (AvgIpc) is 3.12. The van der Waals surface area contributed by atoms with Crippen molar-refractivity contribution in [2.24, 2.45) is 0 Å². The Morgan fingerprint density at radius 2 is 1.06 bits per heavy atom. The smallest absolute Gasteiger partial charge is 0.462 e. The first-order chi connectivity index (χ1) is 25.7. The first kappa shape index (κ1) is 49.9. The second kappa shape index (κ2) is 37.3. The van der Waals surface area contributed by atoms with Gasteiger partial charge in [0.2, 0.25) is 0 Å². The van der Waals surface area contributed by atoms with Gasteiger partial charge in [0.05, 0.1) is 12.7 Å². The Bertz CT molecular complexity index is 1190. The molecule has 0 unspecified atom stereocenters. The number of carbonyl (C=O) groups excluding carboxylic acids is 2. The number of phosphoric ester groups is 1. The number of esters is 2. The van der Waals surface area contributed by atoms with Crippen LogP contribution in [0.1, 0.15) is 136 Å². The first-order valence-electron chi connectivity index (χ1n) is 19.6. The lowest BCUT2D eigenvalue weighted by molar-refractivity contribution is -0.161. The molecule has 3 N–H and O–H groups in total. The van der Waals surface area contributed by atoms with Crippen molar-refractivity contribution in [3.8, 4) is 0 Å². The molecule has 0 radical (unpaired) electrons. The fourth-order valence-electron chi connectivity index (χ4n) is 4.70. The van der Waals surface area contributed by atoms with Crippen molar-refractivity contribution in [2.45, 2.75) is 148 Å². The van der Waals surface area contributed by atoms with E-state index in [1.54, 1.807) is 12.2 Å². The summed E-state index contributed by atoms with van der Waals surface area (Å²) in [6, 6.07) is 0. The van der Waals surface area contributed by atoms with E-state index in [9.17, 15) is 19.3 Å². The van der Waals surface area contributed by atoms with Crippen molar-refractivity contribution in [3.05, 3.63) is 97.2 Å². The van der Waals surface area contributed by atoms with Crippen molar-refractivity contribution < 1.29 is 43.0 Å². The molecule has 300 valence electrons. The van der Waals surface area contributed by atoms with Crippen molar-refractivity contribution in [2.75, 3.05) is 13.2 Å². The van der Waals surface area contributed by atoms with E-state index in [1.165, 1.54) is 38.5 Å². The molecule has 0 fully saturated rings. The van der Waals surface area contributed by atoms with Crippen molar-refractivity contribution >= 4 is 19.8 Å². The molecule has 0 aromatic rings. The molecule has 0 bridgehead atoms. The first-order valence-corrected chi connectivity index (χ1v) is 21.2. The molecule has 0 aliphatic rings. The highest BCUT2D eigenvalue weighted by Gasteiger charge is 2.22. The lowest BCUT2D eigenvalue weighted by atomic mass is 10.1. The summed E-state index contributed by atoms with van der Waals surface area (Å²) in [5.74, 6) is -1.16. The number of ether oxygens (including phenoxy) is 2. The maximum atomic E-state index is 12.4. The van der Waals surface area contributed by atoms with Crippen molar-refractivity contribution in [3.63, 3.8) is 0 Å². The summed E-state index contributed by atoms with van der Waals surface area (Å²) in [4.78, 5) is 42.7. The monoisotopic (exact) mass is 760 g/mol. The Balaban J connectivity index is 4.28. The minimum Gasteiger partial charge on any atom is -0.462 e. The van der Waals surface area contributed by atoms with Gasteiger partial charge in [-0.3, -0.25) is 14.1 Å². The SMILES string of the molecule is CCCCC/C=C\C/C=C\C/C=C\C=C\[C@@H](O)CCCC(=O)OC[C@H](COP(=O)(O)O)OC(=O)CCC/C=C\C/C=C\C/C=C\C/C=C\CCCCC. The number of allylic oxidation sites excluding steroid dienone is 15. The maximum absolute atomic E-state index is 12.4. The fourth-order valence-corrected chi connectivity index (χ4v) is 5.06. The summed E-state index contributed by atoms with van der Waals surface area (Å²) in [5, 5.41) is 10.2. The van der Waals surface area contributed by atoms with Gasteiger partial charge in [0.15, 0.2) is 6.10 Å². The average molecular weight is 761 g/mol. The number of unbranched alkanes of at least 4 members (excludes halogenated alkanes) is 7. The van der Waals surface area contributed by atoms with Crippen LogP contribution in [0.2, 0.25) is 0 Å². The van der Waals surface area contributed by atoms with Crippen LogP contribution in [0.25, 0.3) is 0 Å². The van der Waals surface area contributed by atoms with Crippen LogP contribution in [0, 0.1) is 0 Å². The van der Waals surface area contributed by atoms with Crippen molar-refractivity contribution in [1.29, 1.82) is 0 Å². The van der Waals surface area contributed by atoms with Crippen LogP contribution in [-0.4, -0.2) is 52.3 Å². The Labute approximate surface area is 320 Å². The van der Waals surface area contributed by atoms with E-state index < -0.39 is 45.2 Å². The van der Waals surface area contributed by atoms with E-state index >= 15 is 0 Å². The number of phosphoric acid groups is 1. The lowest BCUT2D eigenvalue weighted by Crippen LogP contribution is -2.29. The molecule has 0 aliphatic heterocycles. The number of aliphatic hydroxyl groups is 1. The van der Waals surface area contributed by atoms with Gasteiger partial charge in [-0.2, -0.15) is 0 Å². The van der Waals surface area contributed by atoms with Gasteiger partial charge in [0.25, 0.3) is 0 Å². The summed E-state index contributed by atoms with van der Waals surface area (Å²) in [5.41, 5.74) is 0. The summed E-state index contributed by atoms with van der Waals surface area (Å²) in [7, 11) is -4.82. The van der Waals surface area contributed by atoms with Gasteiger partial charge in [-0.05, 0) is 83.5 Å². The normalized spacial score (nSPS) is 14.1. The molecule has 0 saturated heterocycles. The van der Waals surface area contributed by atoms with Gasteiger partial charge in [0, 0.05) is 12.8 Å². The number of aliphatic hydroxyl groups excluding tert-OH is 1. The lowest BCUT2D eigenvalue weighted by Gasteiger charge is -2.18. The molecule has 0 saturated carbocycles. The number of hydrogen-bond acceptors (Lipinski definition) is 7. The Hall–Kier alpha value is -3.07. The Morgan fingerprint density at radius 1 is 0.585 bits per heavy atom. The molecule has 0 amide bonds. The zero-order chi connectivity index (χ0) is 39.1. The summed E-state index contributed by atoms with van der Waals surface area (Å²) in [6.07, 6.45) is 47.3. The molecule has 0 spiro atoms. The van der Waals surface area contributed by atoms with E-state index in [-0.39, 0.29) is 12.8 Å². The quantitative estimate of drug-likeness (QED) is 0.0192. The molecule has 0 aliphatic carbocycles. The molecule has 0 aromatic heterocycles. The van der Waals surface area contributed by atoms with Gasteiger partial charge in [-0.15, -0.1) is 0 Å². The van der Waals surface area contributed by atoms with Crippen LogP contribution in [0.15, 0.2) is 97.2 Å². The van der Waals surface area contributed by atoms with Crippen LogP contribution >= 0.6 is 7.82 Å². The molecule has 0 heterocycles. The Morgan fingerprint density at radius 3 is 1.57 bits per heavy atom. The third-order valence-electron chi connectivity index (χ3n) is 7.68. The van der Waals surface area contributed by atoms with E-state index in [4.69, 9.17) is 19.3 Å². The molecule has 0 aromatic carbocycles. The third-order valence-corrected chi connectivity index (χ3v) is 8.16. The second-order valence-electron chi connectivity index (χ2n) is 12.7. The zero-order valence-electron chi connectivity index (χ0n) is 32.5. The maximum Gasteiger partial charge on any atom is 0.469 e. The highest BCUT2D eigenvalue weighted by molar-refractivity contribution is 7.46. The van der Waals surface area contributed by atoms with Gasteiger partial charge in [-0.25, -0.2) is 4.57 Å². The second-order valence-corrected chi connectivity index (χ2v) is 14.0. The van der Waals surface area contributed by atoms with E-state index in [0.717, 1.165) is 44.9 Å². The molecular formula is C43H69O9P. The summed E-state index contributed by atoms with van der Waals surface area (Å²) < 4.78 is 26.1. The van der Waals surface area contributed by atoms with Crippen LogP contribution in [0.4, 0.5) is 0 Å². The van der Waals surface area contributed by atoms with E-state index in [0.29, 0.717) is 25.7 Å². The Kier molecular flexibility index (Phi) is 35.1. The summed E-state index contributed by atoms with van der Waals surface area (Å²) >= 11 is 0. The van der Waals surface area contributed by atoms with Gasteiger partial charge in [0.1, 0.15) is 6.61 Å². The molecule has 53 heavy (non-hydrogen) atoms. The van der Waals surface area contributed by atoms with Crippen LogP contribution in [-0.2, 0) is 28.2 Å². The topological polar surface area (TPSA) is 140 Å². The number of rotatable bonds is 34. The standard InChI is InChI=1S/C43H69O9P/c1-3-5-7-9-11-13-15-17-18-19-20-22-24-26-28-30-32-36-43(46)52-41(39-51-53(47,48)49)38-50-42(45)37-33-35-40(44)34-31-29-27-25-23-21-16-14-12-10-8-6-4-2/h11-14,17-18,20-23,26-29,31,34,40-41,44H,3-10,15-16,19,24-25,30,32-33,35-39H2,1-2H3,(H2,47,48,49)/b13-11-,14-12-,18-17-,22-20-,23-21-,28-26-,29-27-,34-31+/t40-,41-/m1/s1. The van der Waals surface area contributed by atoms with Gasteiger partial charge < -0.3 is 24.4 Å². The third kappa shape index (κ3) is 40.0. The van der Waals surface area contributed by atoms with E-state index in [2.05, 4.69) is 79.1 Å². The number of hydrogen-bond donors (Lipinski definition) is 3. The van der Waals surface area contributed by atoms with Gasteiger partial charge >= 0.3 is 19.8 Å². The van der Waals surface area contributed by atoms with Crippen molar-refractivity contribution in [1.82, 2.24) is 0 Å². The summed E-state index contributed by atoms with van der Waals surface area (Å²) in [6.45, 7) is 3.39. The highest BCUT2D eigenvalue weighted by atomic mass is 31.2. The minimum atomic E-state index is -4.82. The molecule has 2 atom stereocenters. The molecule has 9 nitrogen and oxygen atoms in total.